The minimum absolute atomic E-state index is 0.102. The average Bonchev–Trinajstić information content (AvgIpc) is 2.63. The molecule has 2 N–H and O–H groups in total. The van der Waals surface area contributed by atoms with Crippen molar-refractivity contribution < 1.29 is 24.2 Å². The molecule has 0 radical (unpaired) electrons. The maximum Gasteiger partial charge on any atom is 0.328 e. The third-order valence-corrected chi connectivity index (χ3v) is 4.01. The van der Waals surface area contributed by atoms with Crippen LogP contribution in [-0.4, -0.2) is 47.9 Å². The summed E-state index contributed by atoms with van der Waals surface area (Å²) in [6, 6.07) is 4.40. The number of amides is 2. The number of rotatable bonds is 8. The van der Waals surface area contributed by atoms with E-state index in [1.54, 1.807) is 0 Å². The van der Waals surface area contributed by atoms with Crippen LogP contribution in [-0.2, 0) is 19.1 Å². The van der Waals surface area contributed by atoms with Gasteiger partial charge < -0.3 is 15.2 Å². The molecule has 1 aliphatic rings. The Labute approximate surface area is 157 Å². The molecule has 8 heteroatoms. The van der Waals surface area contributed by atoms with Gasteiger partial charge in [0.05, 0.1) is 18.9 Å². The van der Waals surface area contributed by atoms with E-state index in [1.807, 2.05) is 32.0 Å². The highest BCUT2D eigenvalue weighted by molar-refractivity contribution is 6.40. The van der Waals surface area contributed by atoms with Crippen molar-refractivity contribution in [3.05, 3.63) is 42.0 Å². The molecule has 0 saturated heterocycles. The van der Waals surface area contributed by atoms with Crippen molar-refractivity contribution in [1.82, 2.24) is 5.32 Å². The first kappa shape index (κ1) is 20.3. The van der Waals surface area contributed by atoms with Gasteiger partial charge in [-0.15, -0.1) is 6.58 Å². The first-order chi connectivity index (χ1) is 12.8. The molecule has 0 aliphatic carbocycles. The normalized spacial score (nSPS) is 15.1. The van der Waals surface area contributed by atoms with Crippen LogP contribution in [0.2, 0.25) is 0 Å². The Bertz CT molecular complexity index is 788. The lowest BCUT2D eigenvalue weighted by atomic mass is 10.1. The smallest absolute Gasteiger partial charge is 0.328 e. The summed E-state index contributed by atoms with van der Waals surface area (Å²) in [5, 5.41) is 17.0. The van der Waals surface area contributed by atoms with E-state index in [4.69, 9.17) is 4.74 Å². The summed E-state index contributed by atoms with van der Waals surface area (Å²) in [7, 11) is 0. The predicted octanol–water partition coefficient (Wildman–Crippen LogP) is 1.56. The summed E-state index contributed by atoms with van der Waals surface area (Å²) in [5.74, 6) is -2.07. The highest BCUT2D eigenvalue weighted by atomic mass is 16.5. The Morgan fingerprint density at radius 2 is 2.15 bits per heavy atom. The minimum Gasteiger partial charge on any atom is -0.480 e. The molecule has 1 heterocycles. The number of nitrogens with zero attached hydrogens (tertiary/aromatic N) is 2. The molecule has 1 unspecified atom stereocenters. The summed E-state index contributed by atoms with van der Waals surface area (Å²) in [6.07, 6.45) is 1.75. The Kier molecular flexibility index (Phi) is 6.84. The zero-order valence-corrected chi connectivity index (χ0v) is 15.4. The van der Waals surface area contributed by atoms with Gasteiger partial charge >= 0.3 is 5.97 Å². The second-order valence-electron chi connectivity index (χ2n) is 6.23. The molecule has 1 aromatic rings. The number of carbonyl (C=O) groups excluding carboxylic acids is 2. The molecule has 1 aromatic carbocycles. The van der Waals surface area contributed by atoms with E-state index < -0.39 is 17.9 Å². The van der Waals surface area contributed by atoms with Crippen molar-refractivity contribution in [3.63, 3.8) is 0 Å². The molecule has 8 nitrogen and oxygen atoms in total. The van der Waals surface area contributed by atoms with Crippen LogP contribution < -0.4 is 10.3 Å². The number of carbonyl (C=O) groups is 3. The van der Waals surface area contributed by atoms with E-state index in [2.05, 4.69) is 17.0 Å². The first-order valence-corrected chi connectivity index (χ1v) is 8.53. The monoisotopic (exact) mass is 373 g/mol. The van der Waals surface area contributed by atoms with Gasteiger partial charge in [0.1, 0.15) is 5.71 Å². The molecule has 1 aliphatic heterocycles. The lowest BCUT2D eigenvalue weighted by Gasteiger charge is -2.25. The second-order valence-corrected chi connectivity index (χ2v) is 6.23. The number of aliphatic carboxylic acids is 1. The number of carboxylic acids is 1. The quantitative estimate of drug-likeness (QED) is 0.531. The van der Waals surface area contributed by atoms with Gasteiger partial charge in [0.2, 0.25) is 5.91 Å². The number of nitrogens with one attached hydrogen (secondary N) is 1. The van der Waals surface area contributed by atoms with Crippen LogP contribution in [0.5, 0.6) is 0 Å². The molecule has 27 heavy (non-hydrogen) atoms. The van der Waals surface area contributed by atoms with Crippen LogP contribution in [0.1, 0.15) is 24.0 Å². The maximum absolute atomic E-state index is 12.5. The van der Waals surface area contributed by atoms with Gasteiger partial charge in [0.25, 0.3) is 5.91 Å². The number of hydrogen-bond donors (Lipinski definition) is 2. The van der Waals surface area contributed by atoms with Crippen molar-refractivity contribution in [1.29, 1.82) is 0 Å². The maximum atomic E-state index is 12.5. The number of carboxylic acid groups (broad SMARTS) is 1. The largest absolute Gasteiger partial charge is 0.480 e. The second kappa shape index (κ2) is 9.09. The fourth-order valence-corrected chi connectivity index (χ4v) is 2.54. The van der Waals surface area contributed by atoms with E-state index in [1.165, 1.54) is 11.1 Å². The molecular weight excluding hydrogens is 350 g/mol. The van der Waals surface area contributed by atoms with E-state index in [-0.39, 0.29) is 37.7 Å². The van der Waals surface area contributed by atoms with E-state index in [0.29, 0.717) is 5.69 Å². The standard InChI is InChI=1S/C19H23N3O5/c1-4-9-27-11-15(19(25)26)20-18(24)14-7-8-17(23)22(21-14)16-10-12(2)5-6-13(16)3/h4-6,10,15H,1,7-9,11H2,2-3H3,(H,20,24)(H,25,26). The van der Waals surface area contributed by atoms with Crippen LogP contribution in [0.4, 0.5) is 5.69 Å². The highest BCUT2D eigenvalue weighted by Crippen LogP contribution is 2.25. The van der Waals surface area contributed by atoms with Crippen LogP contribution in [0.15, 0.2) is 36.0 Å². The van der Waals surface area contributed by atoms with Crippen molar-refractivity contribution >= 4 is 29.2 Å². The van der Waals surface area contributed by atoms with Crippen molar-refractivity contribution in [2.75, 3.05) is 18.2 Å². The Balaban J connectivity index is 2.19. The van der Waals surface area contributed by atoms with Crippen LogP contribution in [0.3, 0.4) is 0 Å². The Morgan fingerprint density at radius 1 is 1.41 bits per heavy atom. The van der Waals surface area contributed by atoms with Gasteiger partial charge in [-0.05, 0) is 31.0 Å². The Morgan fingerprint density at radius 3 is 2.81 bits per heavy atom. The molecule has 1 atom stereocenters. The fraction of sp³-hybridized carbons (Fsp3) is 0.368. The summed E-state index contributed by atoms with van der Waals surface area (Å²) in [4.78, 5) is 36.1. The average molecular weight is 373 g/mol. The number of benzene rings is 1. The minimum atomic E-state index is -1.22. The summed E-state index contributed by atoms with van der Waals surface area (Å²) in [6.45, 7) is 7.21. The van der Waals surface area contributed by atoms with Crippen LogP contribution in [0, 0.1) is 13.8 Å². The van der Waals surface area contributed by atoms with Crippen molar-refractivity contribution in [2.24, 2.45) is 5.10 Å². The predicted molar refractivity (Wildman–Crippen MR) is 101 cm³/mol. The lowest BCUT2D eigenvalue weighted by Crippen LogP contribution is -2.48. The Hall–Kier alpha value is -3.00. The van der Waals surface area contributed by atoms with Gasteiger partial charge in [0, 0.05) is 12.8 Å². The summed E-state index contributed by atoms with van der Waals surface area (Å²) < 4.78 is 5.11. The van der Waals surface area contributed by atoms with Crippen molar-refractivity contribution in [3.8, 4) is 0 Å². The zero-order valence-electron chi connectivity index (χ0n) is 15.4. The number of aryl methyl sites for hydroxylation is 2. The van der Waals surface area contributed by atoms with Gasteiger partial charge in [-0.3, -0.25) is 9.59 Å². The topological polar surface area (TPSA) is 108 Å². The molecule has 2 rings (SSSR count). The lowest BCUT2D eigenvalue weighted by molar-refractivity contribution is -0.142. The van der Waals surface area contributed by atoms with Gasteiger partial charge in [0.15, 0.2) is 6.04 Å². The third-order valence-electron chi connectivity index (χ3n) is 4.01. The van der Waals surface area contributed by atoms with Crippen molar-refractivity contribution in [2.45, 2.75) is 32.7 Å². The zero-order chi connectivity index (χ0) is 20.0. The number of hydrogen-bond acceptors (Lipinski definition) is 5. The van der Waals surface area contributed by atoms with E-state index in [9.17, 15) is 19.5 Å². The van der Waals surface area contributed by atoms with E-state index >= 15 is 0 Å². The number of hydrazone groups is 1. The molecule has 0 saturated carbocycles. The first-order valence-electron chi connectivity index (χ1n) is 8.53. The SMILES string of the molecule is C=CCOCC(NC(=O)C1=NN(c2cc(C)ccc2C)C(=O)CC1)C(=O)O. The molecule has 0 spiro atoms. The molecule has 0 bridgehead atoms. The van der Waals surface area contributed by atoms with E-state index in [0.717, 1.165) is 11.1 Å². The number of ether oxygens (including phenoxy) is 1. The third kappa shape index (κ3) is 5.24. The highest BCUT2D eigenvalue weighted by Gasteiger charge is 2.29. The molecule has 0 fully saturated rings. The van der Waals surface area contributed by atoms with Gasteiger partial charge in [-0.25, -0.2) is 9.80 Å². The van der Waals surface area contributed by atoms with Crippen LogP contribution >= 0.6 is 0 Å². The fourth-order valence-electron chi connectivity index (χ4n) is 2.54. The van der Waals surface area contributed by atoms with Gasteiger partial charge in [-0.1, -0.05) is 18.2 Å². The molecule has 144 valence electrons. The molecule has 2 amide bonds. The summed E-state index contributed by atoms with van der Waals surface area (Å²) >= 11 is 0. The number of anilines is 1. The van der Waals surface area contributed by atoms with Gasteiger partial charge in [-0.2, -0.15) is 5.10 Å². The molecular formula is C19H23N3O5. The summed E-state index contributed by atoms with van der Waals surface area (Å²) in [5.41, 5.74) is 2.51. The van der Waals surface area contributed by atoms with Crippen LogP contribution in [0.25, 0.3) is 0 Å². The molecule has 0 aromatic heterocycles.